The molecule has 0 saturated heterocycles. The predicted molar refractivity (Wildman–Crippen MR) is 65.6 cm³/mol. The van der Waals surface area contributed by atoms with Gasteiger partial charge in [0.25, 0.3) is 0 Å². The first-order chi connectivity index (χ1) is 8.13. The van der Waals surface area contributed by atoms with E-state index in [-0.39, 0.29) is 11.7 Å². The molecule has 0 fully saturated rings. The van der Waals surface area contributed by atoms with Crippen molar-refractivity contribution >= 4 is 12.2 Å². The highest BCUT2D eigenvalue weighted by Gasteiger charge is 2.03. The van der Waals surface area contributed by atoms with Crippen LogP contribution < -0.4 is 16.2 Å². The smallest absolute Gasteiger partial charge is 0.211 e. The van der Waals surface area contributed by atoms with Gasteiger partial charge in [0.05, 0.1) is 12.8 Å². The van der Waals surface area contributed by atoms with Crippen LogP contribution in [0, 0.1) is 5.82 Å². The number of nitrogens with zero attached hydrogens (tertiary/aromatic N) is 2. The van der Waals surface area contributed by atoms with Crippen molar-refractivity contribution in [3.05, 3.63) is 29.6 Å². The topological polar surface area (TPSA) is 86.0 Å². The van der Waals surface area contributed by atoms with Crippen molar-refractivity contribution in [3.8, 4) is 5.75 Å². The maximum absolute atomic E-state index is 13.5. The summed E-state index contributed by atoms with van der Waals surface area (Å²) in [5.74, 6) is -0.359. The van der Waals surface area contributed by atoms with Gasteiger partial charge in [0.1, 0.15) is 0 Å². The molecule has 0 unspecified atom stereocenters. The fourth-order valence-corrected chi connectivity index (χ4v) is 1.09. The lowest BCUT2D eigenvalue weighted by molar-refractivity contribution is 0.301. The maximum atomic E-state index is 13.5. The fourth-order valence-electron chi connectivity index (χ4n) is 1.09. The Morgan fingerprint density at radius 1 is 1.47 bits per heavy atom. The third-order valence-corrected chi connectivity index (χ3v) is 1.80. The molecule has 17 heavy (non-hydrogen) atoms. The summed E-state index contributed by atoms with van der Waals surface area (Å²) in [7, 11) is 0. The van der Waals surface area contributed by atoms with Crippen molar-refractivity contribution in [1.29, 1.82) is 0 Å². The fraction of sp³-hybridized carbons (Fsp3) is 0.273. The molecule has 92 valence electrons. The highest BCUT2D eigenvalue weighted by atomic mass is 19.1. The van der Waals surface area contributed by atoms with Gasteiger partial charge in [0.15, 0.2) is 11.6 Å². The molecule has 0 amide bonds. The van der Waals surface area contributed by atoms with Crippen LogP contribution in [0.5, 0.6) is 5.75 Å². The lowest BCUT2D eigenvalue weighted by atomic mass is 10.2. The van der Waals surface area contributed by atoms with Gasteiger partial charge in [0, 0.05) is 0 Å². The predicted octanol–water partition coefficient (Wildman–Crippen LogP) is 1.22. The Kier molecular flexibility index (Phi) is 4.93. The van der Waals surface area contributed by atoms with E-state index in [2.05, 4.69) is 10.2 Å². The van der Waals surface area contributed by atoms with E-state index in [9.17, 15) is 4.39 Å². The first kappa shape index (κ1) is 13.0. The van der Waals surface area contributed by atoms with Gasteiger partial charge in [-0.25, -0.2) is 4.39 Å². The highest BCUT2D eigenvalue weighted by molar-refractivity contribution is 5.81. The molecule has 5 nitrogen and oxygen atoms in total. The van der Waals surface area contributed by atoms with E-state index in [0.717, 1.165) is 6.42 Å². The zero-order chi connectivity index (χ0) is 12.7. The lowest BCUT2D eigenvalue weighted by Gasteiger charge is -2.05. The molecule has 0 bridgehead atoms. The maximum Gasteiger partial charge on any atom is 0.211 e. The standard InChI is InChI=1S/C11H15FN4O/c1-2-5-17-10-4-3-8(6-9(10)12)7-15-16-11(13)14/h3-4,6-7H,2,5H2,1H3,(H4,13,14,16). The number of rotatable bonds is 5. The number of guanidine groups is 1. The van der Waals surface area contributed by atoms with Crippen LogP contribution in [0.15, 0.2) is 28.4 Å². The number of halogens is 1. The number of hydrogen-bond donors (Lipinski definition) is 2. The minimum absolute atomic E-state index is 0.148. The van der Waals surface area contributed by atoms with Crippen molar-refractivity contribution in [2.75, 3.05) is 6.61 Å². The minimum Gasteiger partial charge on any atom is -0.491 e. The molecule has 1 rings (SSSR count). The van der Waals surface area contributed by atoms with Crippen LogP contribution in [0.25, 0.3) is 0 Å². The van der Waals surface area contributed by atoms with Crippen molar-refractivity contribution < 1.29 is 9.13 Å². The second-order valence-electron chi connectivity index (χ2n) is 3.31. The van der Waals surface area contributed by atoms with Gasteiger partial charge in [-0.05, 0) is 30.2 Å². The monoisotopic (exact) mass is 238 g/mol. The first-order valence-corrected chi connectivity index (χ1v) is 5.17. The third-order valence-electron chi connectivity index (χ3n) is 1.80. The van der Waals surface area contributed by atoms with Gasteiger partial charge in [-0.3, -0.25) is 0 Å². The van der Waals surface area contributed by atoms with E-state index in [4.69, 9.17) is 16.2 Å². The molecule has 0 radical (unpaired) electrons. The Morgan fingerprint density at radius 3 is 2.82 bits per heavy atom. The van der Waals surface area contributed by atoms with E-state index in [1.165, 1.54) is 12.3 Å². The molecule has 0 heterocycles. The van der Waals surface area contributed by atoms with Crippen LogP contribution in [0.2, 0.25) is 0 Å². The molecule has 0 spiro atoms. The molecule has 0 aliphatic rings. The number of hydrogen-bond acceptors (Lipinski definition) is 3. The molecule has 1 aromatic rings. The lowest BCUT2D eigenvalue weighted by Crippen LogP contribution is -2.21. The first-order valence-electron chi connectivity index (χ1n) is 5.17. The molecule has 0 aliphatic carbocycles. The summed E-state index contributed by atoms with van der Waals surface area (Å²) in [6, 6.07) is 4.51. The van der Waals surface area contributed by atoms with Crippen molar-refractivity contribution in [3.63, 3.8) is 0 Å². The molecule has 0 atom stereocenters. The van der Waals surface area contributed by atoms with Gasteiger partial charge >= 0.3 is 0 Å². The molecular formula is C11H15FN4O. The van der Waals surface area contributed by atoms with E-state index in [1.54, 1.807) is 12.1 Å². The Balaban J connectivity index is 2.74. The molecule has 0 aromatic heterocycles. The summed E-state index contributed by atoms with van der Waals surface area (Å²) < 4.78 is 18.7. The third kappa shape index (κ3) is 4.50. The van der Waals surface area contributed by atoms with Crippen LogP contribution in [-0.4, -0.2) is 18.8 Å². The molecule has 1 aromatic carbocycles. The van der Waals surface area contributed by atoms with E-state index in [1.807, 2.05) is 6.92 Å². The number of nitrogens with two attached hydrogens (primary N) is 2. The van der Waals surface area contributed by atoms with Crippen LogP contribution in [-0.2, 0) is 0 Å². The normalized spacial score (nSPS) is 10.5. The minimum atomic E-state index is -0.438. The Labute approximate surface area is 99.0 Å². The summed E-state index contributed by atoms with van der Waals surface area (Å²) in [4.78, 5) is 0. The van der Waals surface area contributed by atoms with E-state index in [0.29, 0.717) is 12.2 Å². The van der Waals surface area contributed by atoms with Gasteiger partial charge in [-0.2, -0.15) is 5.10 Å². The van der Waals surface area contributed by atoms with Crippen molar-refractivity contribution in [1.82, 2.24) is 0 Å². The molecule has 0 saturated carbocycles. The molecule has 0 aliphatic heterocycles. The van der Waals surface area contributed by atoms with Crippen LogP contribution in [0.1, 0.15) is 18.9 Å². The second-order valence-corrected chi connectivity index (χ2v) is 3.31. The zero-order valence-corrected chi connectivity index (χ0v) is 9.56. The van der Waals surface area contributed by atoms with Gasteiger partial charge in [0.2, 0.25) is 5.96 Å². The summed E-state index contributed by atoms with van der Waals surface area (Å²) in [5, 5.41) is 6.99. The Hall–Kier alpha value is -2.11. The van der Waals surface area contributed by atoms with Crippen molar-refractivity contribution in [2.24, 2.45) is 21.7 Å². The molecule has 4 N–H and O–H groups in total. The SMILES string of the molecule is CCCOc1ccc(C=NN=C(N)N)cc1F. The summed E-state index contributed by atoms with van der Waals surface area (Å²) >= 11 is 0. The average molecular weight is 238 g/mol. The summed E-state index contributed by atoms with van der Waals surface area (Å²) in [5.41, 5.74) is 10.7. The Bertz CT molecular complexity index is 427. The second kappa shape index (κ2) is 6.47. The van der Waals surface area contributed by atoms with E-state index >= 15 is 0 Å². The number of ether oxygens (including phenoxy) is 1. The molecule has 6 heteroatoms. The largest absolute Gasteiger partial charge is 0.491 e. The number of benzene rings is 1. The zero-order valence-electron chi connectivity index (χ0n) is 9.56. The van der Waals surface area contributed by atoms with Crippen LogP contribution in [0.3, 0.4) is 0 Å². The summed E-state index contributed by atoms with van der Waals surface area (Å²) in [6.45, 7) is 2.44. The Morgan fingerprint density at radius 2 is 2.24 bits per heavy atom. The van der Waals surface area contributed by atoms with Crippen molar-refractivity contribution in [2.45, 2.75) is 13.3 Å². The average Bonchev–Trinajstić information content (AvgIpc) is 2.27. The molecular weight excluding hydrogens is 223 g/mol. The summed E-state index contributed by atoms with van der Waals surface area (Å²) in [6.07, 6.45) is 2.18. The van der Waals surface area contributed by atoms with Crippen LogP contribution in [0.4, 0.5) is 4.39 Å². The van der Waals surface area contributed by atoms with Gasteiger partial charge in [-0.1, -0.05) is 6.92 Å². The van der Waals surface area contributed by atoms with Gasteiger partial charge in [-0.15, -0.1) is 5.10 Å². The highest BCUT2D eigenvalue weighted by Crippen LogP contribution is 2.17. The van der Waals surface area contributed by atoms with Crippen LogP contribution >= 0.6 is 0 Å². The van der Waals surface area contributed by atoms with E-state index < -0.39 is 5.82 Å². The van der Waals surface area contributed by atoms with Gasteiger partial charge < -0.3 is 16.2 Å². The quantitative estimate of drug-likeness (QED) is 0.459.